The largest absolute Gasteiger partial charge is 0.352 e. The molecule has 1 aromatic heterocycles. The van der Waals surface area contributed by atoms with Crippen LogP contribution in [0.4, 0.5) is 0 Å². The predicted octanol–water partition coefficient (Wildman–Crippen LogP) is 5.06. The Balaban J connectivity index is 1.47. The van der Waals surface area contributed by atoms with Gasteiger partial charge in [0.2, 0.25) is 11.8 Å². The zero-order valence-electron chi connectivity index (χ0n) is 18.1. The maximum absolute atomic E-state index is 13.2. The molecule has 4 rings (SSSR count). The van der Waals surface area contributed by atoms with Crippen LogP contribution in [0, 0.1) is 11.3 Å². The van der Waals surface area contributed by atoms with Crippen molar-refractivity contribution in [2.45, 2.75) is 44.9 Å². The van der Waals surface area contributed by atoms with Crippen LogP contribution in [-0.2, 0) is 16.0 Å². The zero-order chi connectivity index (χ0) is 21.7. The van der Waals surface area contributed by atoms with Crippen molar-refractivity contribution in [3.63, 3.8) is 0 Å². The van der Waals surface area contributed by atoms with Gasteiger partial charge in [0.05, 0.1) is 5.41 Å². The van der Waals surface area contributed by atoms with Gasteiger partial charge in [-0.15, -0.1) is 17.9 Å². The van der Waals surface area contributed by atoms with Gasteiger partial charge >= 0.3 is 0 Å². The molecule has 0 radical (unpaired) electrons. The van der Waals surface area contributed by atoms with E-state index in [-0.39, 0.29) is 11.8 Å². The molecule has 1 saturated carbocycles. The molecule has 1 N–H and O–H groups in total. The SMILES string of the molecule is C=CCNC(=O)C1(Cc2ccc(-c3cccs3)cc2)CCN(C(=O)C2CCCC2)CC1. The van der Waals surface area contributed by atoms with Crippen molar-refractivity contribution in [3.05, 3.63) is 60.0 Å². The monoisotopic (exact) mass is 436 g/mol. The summed E-state index contributed by atoms with van der Waals surface area (Å²) < 4.78 is 0. The zero-order valence-corrected chi connectivity index (χ0v) is 19.0. The molecule has 0 bridgehead atoms. The summed E-state index contributed by atoms with van der Waals surface area (Å²) in [7, 11) is 0. The molecule has 1 aliphatic heterocycles. The first-order chi connectivity index (χ1) is 15.1. The third kappa shape index (κ3) is 4.93. The Labute approximate surface area is 189 Å². The van der Waals surface area contributed by atoms with Crippen LogP contribution in [0.25, 0.3) is 10.4 Å². The van der Waals surface area contributed by atoms with Gasteiger partial charge in [0.25, 0.3) is 0 Å². The molecule has 2 amide bonds. The van der Waals surface area contributed by atoms with Crippen LogP contribution in [0.2, 0.25) is 0 Å². The molecule has 4 nitrogen and oxygen atoms in total. The first kappa shape index (κ1) is 21.8. The number of carbonyl (C=O) groups is 2. The molecular weight excluding hydrogens is 404 g/mol. The second kappa shape index (κ2) is 9.82. The summed E-state index contributed by atoms with van der Waals surface area (Å²) in [5.74, 6) is 0.590. The third-order valence-electron chi connectivity index (χ3n) is 6.93. The highest BCUT2D eigenvalue weighted by Gasteiger charge is 2.43. The molecule has 164 valence electrons. The number of likely N-dealkylation sites (tertiary alicyclic amines) is 1. The number of thiophene rings is 1. The van der Waals surface area contributed by atoms with Gasteiger partial charge in [-0.25, -0.2) is 0 Å². The summed E-state index contributed by atoms with van der Waals surface area (Å²) in [5.41, 5.74) is 1.91. The molecule has 2 heterocycles. The molecule has 1 aliphatic carbocycles. The maximum atomic E-state index is 13.2. The van der Waals surface area contributed by atoms with E-state index in [9.17, 15) is 9.59 Å². The van der Waals surface area contributed by atoms with Crippen molar-refractivity contribution in [3.8, 4) is 10.4 Å². The quantitative estimate of drug-likeness (QED) is 0.617. The van der Waals surface area contributed by atoms with E-state index >= 15 is 0 Å². The fraction of sp³-hybridized carbons (Fsp3) is 0.462. The molecule has 31 heavy (non-hydrogen) atoms. The number of nitrogens with one attached hydrogen (secondary N) is 1. The first-order valence-electron chi connectivity index (χ1n) is 11.4. The molecule has 0 atom stereocenters. The summed E-state index contributed by atoms with van der Waals surface area (Å²) >= 11 is 1.73. The fourth-order valence-electron chi connectivity index (χ4n) is 5.04. The van der Waals surface area contributed by atoms with Crippen LogP contribution in [-0.4, -0.2) is 36.3 Å². The van der Waals surface area contributed by atoms with Gasteiger partial charge in [-0.3, -0.25) is 9.59 Å². The van der Waals surface area contributed by atoms with Crippen molar-refractivity contribution >= 4 is 23.2 Å². The van der Waals surface area contributed by atoms with Crippen LogP contribution in [0.1, 0.15) is 44.1 Å². The average molecular weight is 437 g/mol. The summed E-state index contributed by atoms with van der Waals surface area (Å²) in [5, 5.41) is 5.12. The van der Waals surface area contributed by atoms with E-state index in [4.69, 9.17) is 0 Å². The molecule has 2 fully saturated rings. The summed E-state index contributed by atoms with van der Waals surface area (Å²) in [6.45, 7) is 5.55. The minimum absolute atomic E-state index is 0.0858. The number of piperidine rings is 1. The lowest BCUT2D eigenvalue weighted by atomic mass is 9.72. The Kier molecular flexibility index (Phi) is 6.91. The Morgan fingerprint density at radius 2 is 1.84 bits per heavy atom. The number of amides is 2. The van der Waals surface area contributed by atoms with E-state index in [0.29, 0.717) is 44.8 Å². The van der Waals surface area contributed by atoms with Gasteiger partial charge in [-0.05, 0) is 54.7 Å². The van der Waals surface area contributed by atoms with Gasteiger partial charge in [0.15, 0.2) is 0 Å². The number of benzene rings is 1. The fourth-order valence-corrected chi connectivity index (χ4v) is 5.78. The van der Waals surface area contributed by atoms with Crippen molar-refractivity contribution in [1.29, 1.82) is 0 Å². The summed E-state index contributed by atoms with van der Waals surface area (Å²) in [6, 6.07) is 12.8. The van der Waals surface area contributed by atoms with Crippen molar-refractivity contribution in [2.24, 2.45) is 11.3 Å². The number of carbonyl (C=O) groups excluding carboxylic acids is 2. The molecule has 1 aromatic carbocycles. The lowest BCUT2D eigenvalue weighted by Gasteiger charge is -2.41. The lowest BCUT2D eigenvalue weighted by Crippen LogP contribution is -2.52. The Morgan fingerprint density at radius 1 is 1.13 bits per heavy atom. The van der Waals surface area contributed by atoms with Crippen LogP contribution in [0.3, 0.4) is 0 Å². The average Bonchev–Trinajstić information content (AvgIpc) is 3.52. The Bertz CT molecular complexity index is 890. The maximum Gasteiger partial charge on any atom is 0.226 e. The molecular formula is C26H32N2O2S. The van der Waals surface area contributed by atoms with E-state index in [1.165, 1.54) is 28.8 Å². The molecule has 0 spiro atoms. The van der Waals surface area contributed by atoms with Gasteiger partial charge in [0, 0.05) is 30.4 Å². The highest BCUT2D eigenvalue weighted by atomic mass is 32.1. The van der Waals surface area contributed by atoms with Crippen molar-refractivity contribution in [1.82, 2.24) is 10.2 Å². The van der Waals surface area contributed by atoms with Crippen LogP contribution >= 0.6 is 11.3 Å². The highest BCUT2D eigenvalue weighted by molar-refractivity contribution is 7.13. The normalized spacial score (nSPS) is 18.6. The molecule has 2 aromatic rings. The van der Waals surface area contributed by atoms with Crippen LogP contribution in [0.5, 0.6) is 0 Å². The molecule has 5 heteroatoms. The molecule has 2 aliphatic rings. The number of hydrogen-bond acceptors (Lipinski definition) is 3. The topological polar surface area (TPSA) is 49.4 Å². The first-order valence-corrected chi connectivity index (χ1v) is 12.3. The molecule has 0 unspecified atom stereocenters. The van der Waals surface area contributed by atoms with E-state index < -0.39 is 5.41 Å². The lowest BCUT2D eigenvalue weighted by molar-refractivity contribution is -0.143. The third-order valence-corrected chi connectivity index (χ3v) is 7.85. The summed E-state index contributed by atoms with van der Waals surface area (Å²) in [6.07, 6.45) is 8.22. The highest BCUT2D eigenvalue weighted by Crippen LogP contribution is 2.38. The summed E-state index contributed by atoms with van der Waals surface area (Å²) in [4.78, 5) is 29.3. The Hall–Kier alpha value is -2.40. The standard InChI is InChI=1S/C26H32N2O2S/c1-2-15-27-25(30)26(13-16-28(17-14-26)24(29)22-6-3-4-7-22)19-20-9-11-21(12-10-20)23-8-5-18-31-23/h2,5,8-12,18,22H,1,3-4,6-7,13-17,19H2,(H,27,30). The van der Waals surface area contributed by atoms with Gasteiger partial charge in [-0.1, -0.05) is 49.2 Å². The number of nitrogens with zero attached hydrogens (tertiary/aromatic N) is 1. The van der Waals surface area contributed by atoms with Crippen LogP contribution < -0.4 is 5.32 Å². The predicted molar refractivity (Wildman–Crippen MR) is 127 cm³/mol. The second-order valence-electron chi connectivity index (χ2n) is 8.94. The van der Waals surface area contributed by atoms with Gasteiger partial charge < -0.3 is 10.2 Å². The number of rotatable bonds is 7. The van der Waals surface area contributed by atoms with Crippen LogP contribution in [0.15, 0.2) is 54.4 Å². The second-order valence-corrected chi connectivity index (χ2v) is 9.88. The van der Waals surface area contributed by atoms with Crippen molar-refractivity contribution < 1.29 is 9.59 Å². The number of hydrogen-bond donors (Lipinski definition) is 1. The van der Waals surface area contributed by atoms with E-state index in [1.807, 2.05) is 4.90 Å². The van der Waals surface area contributed by atoms with E-state index in [1.54, 1.807) is 17.4 Å². The smallest absolute Gasteiger partial charge is 0.226 e. The van der Waals surface area contributed by atoms with Gasteiger partial charge in [-0.2, -0.15) is 0 Å². The molecule has 1 saturated heterocycles. The Morgan fingerprint density at radius 3 is 2.45 bits per heavy atom. The van der Waals surface area contributed by atoms with Gasteiger partial charge in [0.1, 0.15) is 0 Å². The van der Waals surface area contributed by atoms with E-state index in [0.717, 1.165) is 12.8 Å². The van der Waals surface area contributed by atoms with E-state index in [2.05, 4.69) is 53.7 Å². The van der Waals surface area contributed by atoms with Crippen molar-refractivity contribution in [2.75, 3.05) is 19.6 Å². The minimum atomic E-state index is -0.472. The minimum Gasteiger partial charge on any atom is -0.352 e.